The van der Waals surface area contributed by atoms with E-state index in [2.05, 4.69) is 16.0 Å². The lowest BCUT2D eigenvalue weighted by molar-refractivity contribution is -0.182. The van der Waals surface area contributed by atoms with Gasteiger partial charge >= 0.3 is 6.18 Å². The number of fused-ring (bicyclic) bond motifs is 2. The number of hydrogen-bond acceptors (Lipinski definition) is 11. The summed E-state index contributed by atoms with van der Waals surface area (Å²) in [7, 11) is 8.98. The summed E-state index contributed by atoms with van der Waals surface area (Å²) in [4.78, 5) is 174. The summed E-state index contributed by atoms with van der Waals surface area (Å²) in [5, 5.41) is 7.66. The van der Waals surface area contributed by atoms with E-state index in [0.717, 1.165) is 32.1 Å². The van der Waals surface area contributed by atoms with Gasteiger partial charge in [0.15, 0.2) is 0 Å². The third kappa shape index (κ3) is 18.3. The van der Waals surface area contributed by atoms with E-state index >= 15 is 9.59 Å². The van der Waals surface area contributed by atoms with Gasteiger partial charge in [-0.2, -0.15) is 13.2 Å². The van der Waals surface area contributed by atoms with Crippen molar-refractivity contribution in [3.8, 4) is 0 Å². The molecule has 3 N–H and O–H groups in total. The molecule has 3 saturated carbocycles. The van der Waals surface area contributed by atoms with Gasteiger partial charge in [0.2, 0.25) is 65.0 Å². The smallest absolute Gasteiger partial charge is 0.343 e. The molecular formula is C68H111ClF3N11O11. The van der Waals surface area contributed by atoms with Crippen LogP contribution in [0, 0.1) is 35.5 Å². The summed E-state index contributed by atoms with van der Waals surface area (Å²) in [6, 6.07) is -9.61. The highest BCUT2D eigenvalue weighted by Crippen LogP contribution is 2.44. The molecule has 3 unspecified atom stereocenters. The summed E-state index contributed by atoms with van der Waals surface area (Å²) >= 11 is 6.39. The highest BCUT2D eigenvalue weighted by Gasteiger charge is 2.52. The van der Waals surface area contributed by atoms with Crippen molar-refractivity contribution in [2.75, 3.05) is 61.9 Å². The van der Waals surface area contributed by atoms with Crippen LogP contribution in [0.3, 0.4) is 0 Å². The maximum absolute atomic E-state index is 15.3. The van der Waals surface area contributed by atoms with Crippen molar-refractivity contribution in [2.24, 2.45) is 35.5 Å². The average molecular weight is 1350 g/mol. The summed E-state index contributed by atoms with van der Waals surface area (Å²) < 4.78 is 41.9. The summed E-state index contributed by atoms with van der Waals surface area (Å²) in [5.74, 6) is -9.10. The van der Waals surface area contributed by atoms with Crippen LogP contribution < -0.4 is 16.0 Å². The molecule has 1 spiro atoms. The Morgan fingerprint density at radius 1 is 0.585 bits per heavy atom. The van der Waals surface area contributed by atoms with E-state index in [4.69, 9.17) is 11.6 Å². The molecule has 6 rings (SSSR count). The Balaban J connectivity index is 1.38. The molecule has 22 nitrogen and oxygen atoms in total. The highest BCUT2D eigenvalue weighted by atomic mass is 35.5. The molecule has 94 heavy (non-hydrogen) atoms. The van der Waals surface area contributed by atoms with Crippen molar-refractivity contribution in [3.63, 3.8) is 0 Å². The lowest BCUT2D eigenvalue weighted by Crippen LogP contribution is -2.65. The van der Waals surface area contributed by atoms with Crippen LogP contribution in [-0.2, 0) is 52.7 Å². The van der Waals surface area contributed by atoms with Crippen LogP contribution >= 0.6 is 11.6 Å². The van der Waals surface area contributed by atoms with Gasteiger partial charge < -0.3 is 55.1 Å². The zero-order valence-electron chi connectivity index (χ0n) is 58.5. The SMILES string of the molecule is CC[C@H](C)[C@@H]1NC(=O)[C@H](CC(C)C)N(C)C(=O)C[C@@H](C)N(C)C(=O)[C@H]([C@@H](C)CC)N(C)C(=O)C2(CCCC2)NC(=O)[C@@H]2CCCN2C(=O)[C@H](CCC2CCC(C(F)(F)F)C(Cl)C2)NC(=O)CN(C)C(=O)[C@H](CC2CCCCC2)N(C)C(=O)[C@@H]2CCN2C(=O)[C@H](C)N(C)C1=O. The number of nitrogens with one attached hydrogen (secondary N) is 3. The monoisotopic (exact) mass is 1350 g/mol. The van der Waals surface area contributed by atoms with Crippen LogP contribution in [-0.4, -0.2) is 238 Å². The van der Waals surface area contributed by atoms with Crippen molar-refractivity contribution in [1.29, 1.82) is 0 Å². The molecule has 532 valence electrons. The summed E-state index contributed by atoms with van der Waals surface area (Å²) in [5.41, 5.74) is -1.48. The van der Waals surface area contributed by atoms with Crippen molar-refractivity contribution in [1.82, 2.24) is 55.1 Å². The van der Waals surface area contributed by atoms with E-state index in [1.165, 1.54) is 74.4 Å². The van der Waals surface area contributed by atoms with Crippen molar-refractivity contribution >= 4 is 76.6 Å². The molecule has 3 aliphatic heterocycles. The molecular weight excluding hydrogens is 1240 g/mol. The third-order valence-corrected chi connectivity index (χ3v) is 22.6. The van der Waals surface area contributed by atoms with Crippen LogP contribution in [0.15, 0.2) is 0 Å². The van der Waals surface area contributed by atoms with Gasteiger partial charge in [0.05, 0.1) is 12.5 Å². The Hall–Kier alpha value is -5.75. The Kier molecular flexibility index (Phi) is 27.5. The van der Waals surface area contributed by atoms with Crippen LogP contribution in [0.2, 0.25) is 0 Å². The number of rotatable bonds is 11. The standard InChI is InChI=1S/C68H111ClF3N11O11/c1-15-41(5)56-64(92)78(11)44(8)60(88)83-34-30-51(83)63(91)80(13)53(38-45-23-18-17-19-24-45)62(90)76(9)39-54(84)73-49(29-27-46-26-28-47(48(69)37-46)68(70,71)72)61(89)82-33-22-25-50(82)59(87)75-67(31-20-21-32-67)66(94)81(14)57(42(6)16-2)65(93)77(10)43(7)36-55(85)79(12)52(35-40(3)4)58(86)74-56/h40-53,56-57H,15-39H2,1-14H3,(H,73,84)(H,74,86)(H,75,87)/t41-,42-,43+,44-,46?,47?,48?,49-,50-,51-,52-,53-,56-,57-/m0/s1. The van der Waals surface area contributed by atoms with E-state index in [-0.39, 0.29) is 108 Å². The third-order valence-electron chi connectivity index (χ3n) is 22.2. The first-order valence-electron chi connectivity index (χ1n) is 34.9. The lowest BCUT2D eigenvalue weighted by Gasteiger charge is -2.45. The van der Waals surface area contributed by atoms with Gasteiger partial charge in [-0.05, 0) is 120 Å². The van der Waals surface area contributed by atoms with Gasteiger partial charge in [-0.3, -0.25) is 52.7 Å². The molecule has 0 radical (unpaired) electrons. The van der Waals surface area contributed by atoms with Gasteiger partial charge in [0, 0.05) is 73.2 Å². The minimum Gasteiger partial charge on any atom is -0.343 e. The molecule has 6 fully saturated rings. The van der Waals surface area contributed by atoms with E-state index in [0.29, 0.717) is 32.1 Å². The zero-order valence-corrected chi connectivity index (χ0v) is 59.3. The van der Waals surface area contributed by atoms with Crippen LogP contribution in [0.4, 0.5) is 13.2 Å². The summed E-state index contributed by atoms with van der Waals surface area (Å²) in [6.45, 7) is 14.2. The maximum Gasteiger partial charge on any atom is 0.393 e. The molecule has 26 heteroatoms. The van der Waals surface area contributed by atoms with Crippen LogP contribution in [0.1, 0.15) is 197 Å². The maximum atomic E-state index is 15.3. The largest absolute Gasteiger partial charge is 0.393 e. The van der Waals surface area contributed by atoms with Gasteiger partial charge in [-0.25, -0.2) is 0 Å². The molecule has 3 aliphatic carbocycles. The number of halogens is 4. The molecule has 0 aromatic carbocycles. The predicted molar refractivity (Wildman–Crippen MR) is 350 cm³/mol. The topological polar surface area (TPSA) is 250 Å². The van der Waals surface area contributed by atoms with Crippen molar-refractivity contribution in [3.05, 3.63) is 0 Å². The van der Waals surface area contributed by atoms with Gasteiger partial charge in [-0.1, -0.05) is 99.3 Å². The predicted octanol–water partition coefficient (Wildman–Crippen LogP) is 6.49. The Bertz CT molecular complexity index is 2710. The molecule has 3 heterocycles. The zero-order chi connectivity index (χ0) is 70.0. The normalized spacial score (nSPS) is 31.5. The first-order chi connectivity index (χ1) is 44.1. The van der Waals surface area contributed by atoms with E-state index in [1.807, 2.05) is 34.6 Å². The Morgan fingerprint density at radius 3 is 1.79 bits per heavy atom. The van der Waals surface area contributed by atoms with Gasteiger partial charge in [0.25, 0.3) is 0 Å². The minimum atomic E-state index is -4.49. The van der Waals surface area contributed by atoms with E-state index in [1.54, 1.807) is 27.8 Å². The van der Waals surface area contributed by atoms with Gasteiger partial charge in [-0.15, -0.1) is 11.6 Å². The molecule has 11 amide bonds. The lowest BCUT2D eigenvalue weighted by atomic mass is 9.78. The number of amides is 11. The fraction of sp³-hybridized carbons (Fsp3) is 0.838. The number of nitrogens with zero attached hydrogens (tertiary/aromatic N) is 8. The molecule has 0 bridgehead atoms. The number of carbonyl (C=O) groups excluding carboxylic acids is 11. The van der Waals surface area contributed by atoms with Crippen LogP contribution in [0.25, 0.3) is 0 Å². The molecule has 0 aromatic rings. The van der Waals surface area contributed by atoms with Crippen molar-refractivity contribution in [2.45, 2.75) is 268 Å². The average Bonchev–Trinajstić information content (AvgIpc) is 1.20. The van der Waals surface area contributed by atoms with E-state index < -0.39 is 161 Å². The minimum absolute atomic E-state index is 0.0169. The highest BCUT2D eigenvalue weighted by molar-refractivity contribution is 6.20. The summed E-state index contributed by atoms with van der Waals surface area (Å²) in [6.07, 6.45) is 3.74. The quantitative estimate of drug-likeness (QED) is 0.189. The van der Waals surface area contributed by atoms with Gasteiger partial charge in [0.1, 0.15) is 53.9 Å². The first-order valence-corrected chi connectivity index (χ1v) is 35.4. The molecule has 0 aromatic heterocycles. The molecule has 6 aliphatic rings. The fourth-order valence-corrected chi connectivity index (χ4v) is 15.7. The first kappa shape index (κ1) is 77.3. The van der Waals surface area contributed by atoms with Crippen LogP contribution in [0.5, 0.6) is 0 Å². The second kappa shape index (κ2) is 33.5. The second-order valence-electron chi connectivity index (χ2n) is 29.1. The number of carbonyl (C=O) groups is 11. The fourth-order valence-electron chi connectivity index (χ4n) is 15.2. The number of alkyl halides is 4. The number of likely N-dealkylation sites (N-methyl/N-ethyl adjacent to an activating group) is 6. The Labute approximate surface area is 560 Å². The molecule has 14 atom stereocenters. The Morgan fingerprint density at radius 2 is 1.21 bits per heavy atom. The number of hydrogen-bond donors (Lipinski definition) is 3. The van der Waals surface area contributed by atoms with E-state index in [9.17, 15) is 56.3 Å². The van der Waals surface area contributed by atoms with Crippen molar-refractivity contribution < 1.29 is 65.9 Å². The molecule has 3 saturated heterocycles. The second-order valence-corrected chi connectivity index (χ2v) is 29.7.